The monoisotopic (exact) mass is 374 g/mol. The van der Waals surface area contributed by atoms with Crippen molar-refractivity contribution < 1.29 is 4.92 Å². The predicted molar refractivity (Wildman–Crippen MR) is 110 cm³/mol. The molecule has 1 unspecified atom stereocenters. The zero-order valence-electron chi connectivity index (χ0n) is 15.4. The summed E-state index contributed by atoms with van der Waals surface area (Å²) in [4.78, 5) is 27.6. The number of non-ortho nitro benzene ring substituents is 1. The number of aryl methyl sites for hydroxylation is 1. The number of hydrogen-bond acceptors (Lipinski definition) is 5. The molecule has 0 aliphatic heterocycles. The predicted octanol–water partition coefficient (Wildman–Crippen LogP) is 4.17. The lowest BCUT2D eigenvalue weighted by molar-refractivity contribution is -0.384. The Labute approximate surface area is 160 Å². The zero-order chi connectivity index (χ0) is 19.8. The summed E-state index contributed by atoms with van der Waals surface area (Å²) in [5, 5.41) is 17.2. The second kappa shape index (κ2) is 6.77. The first-order chi connectivity index (χ1) is 13.4. The van der Waals surface area contributed by atoms with Gasteiger partial charge in [0, 0.05) is 47.9 Å². The van der Waals surface area contributed by atoms with Crippen LogP contribution in [0.15, 0.2) is 65.6 Å². The third-order valence-electron chi connectivity index (χ3n) is 4.91. The Morgan fingerprint density at radius 1 is 1.11 bits per heavy atom. The number of nitro groups is 1. The molecular weight excluding hydrogens is 356 g/mol. The molecule has 0 saturated carbocycles. The highest BCUT2D eigenvalue weighted by Gasteiger charge is 2.15. The van der Waals surface area contributed by atoms with Gasteiger partial charge in [-0.3, -0.25) is 19.9 Å². The number of pyridine rings is 2. The van der Waals surface area contributed by atoms with Crippen LogP contribution in [0.1, 0.15) is 18.7 Å². The Kier molecular flexibility index (Phi) is 4.27. The number of anilines is 1. The lowest BCUT2D eigenvalue weighted by Gasteiger charge is -2.18. The van der Waals surface area contributed by atoms with Gasteiger partial charge in [-0.25, -0.2) is 0 Å². The average molecular weight is 374 g/mol. The van der Waals surface area contributed by atoms with E-state index in [-0.39, 0.29) is 17.3 Å². The van der Waals surface area contributed by atoms with Gasteiger partial charge in [-0.05, 0) is 24.4 Å². The first-order valence-corrected chi connectivity index (χ1v) is 8.83. The van der Waals surface area contributed by atoms with E-state index in [1.54, 1.807) is 13.1 Å². The average Bonchev–Trinajstić information content (AvgIpc) is 2.71. The number of fused-ring (bicyclic) bond motifs is 2. The minimum absolute atomic E-state index is 0.0225. The van der Waals surface area contributed by atoms with E-state index in [0.717, 1.165) is 16.5 Å². The Morgan fingerprint density at radius 3 is 2.61 bits per heavy atom. The number of nitrogens with zero attached hydrogens (tertiary/aromatic N) is 3. The molecule has 0 bridgehead atoms. The van der Waals surface area contributed by atoms with Crippen molar-refractivity contribution in [2.45, 2.75) is 13.0 Å². The standard InChI is InChI=1S/C21H18N4O3/c1-13(18-9-14-5-3-4-6-15(14)12-22-18)23-19-11-21(26)24(2)20-8-7-16(25(27)28)10-17(19)20/h3-13,23H,1-2H3. The van der Waals surface area contributed by atoms with Crippen LogP contribution in [0.5, 0.6) is 0 Å². The van der Waals surface area contributed by atoms with E-state index < -0.39 is 4.92 Å². The molecule has 28 heavy (non-hydrogen) atoms. The maximum Gasteiger partial charge on any atom is 0.270 e. The van der Waals surface area contributed by atoms with Gasteiger partial charge in [0.05, 0.1) is 22.2 Å². The molecule has 0 aliphatic rings. The van der Waals surface area contributed by atoms with E-state index in [1.807, 2.05) is 43.5 Å². The van der Waals surface area contributed by atoms with Crippen molar-refractivity contribution in [1.82, 2.24) is 9.55 Å². The highest BCUT2D eigenvalue weighted by atomic mass is 16.6. The van der Waals surface area contributed by atoms with Crippen molar-refractivity contribution in [1.29, 1.82) is 0 Å². The van der Waals surface area contributed by atoms with Crippen molar-refractivity contribution in [2.24, 2.45) is 7.05 Å². The summed E-state index contributed by atoms with van der Waals surface area (Å²) in [6.45, 7) is 1.94. The molecule has 0 fully saturated rings. The zero-order valence-corrected chi connectivity index (χ0v) is 15.4. The van der Waals surface area contributed by atoms with Crippen LogP contribution in [0.25, 0.3) is 21.7 Å². The van der Waals surface area contributed by atoms with E-state index in [1.165, 1.54) is 22.8 Å². The van der Waals surface area contributed by atoms with Gasteiger partial charge < -0.3 is 9.88 Å². The van der Waals surface area contributed by atoms with Crippen molar-refractivity contribution in [3.05, 3.63) is 87.0 Å². The normalized spacial score (nSPS) is 12.2. The topological polar surface area (TPSA) is 90.1 Å². The van der Waals surface area contributed by atoms with Gasteiger partial charge in [-0.15, -0.1) is 0 Å². The first-order valence-electron chi connectivity index (χ1n) is 8.83. The van der Waals surface area contributed by atoms with E-state index in [9.17, 15) is 14.9 Å². The van der Waals surface area contributed by atoms with Gasteiger partial charge in [0.15, 0.2) is 0 Å². The number of benzene rings is 2. The summed E-state index contributed by atoms with van der Waals surface area (Å²) in [6, 6.07) is 15.7. The van der Waals surface area contributed by atoms with E-state index >= 15 is 0 Å². The molecule has 1 atom stereocenters. The molecule has 1 N–H and O–H groups in total. The highest BCUT2D eigenvalue weighted by molar-refractivity contribution is 5.93. The molecule has 4 aromatic rings. The highest BCUT2D eigenvalue weighted by Crippen LogP contribution is 2.29. The third kappa shape index (κ3) is 3.07. The summed E-state index contributed by atoms with van der Waals surface area (Å²) in [7, 11) is 1.65. The van der Waals surface area contributed by atoms with Crippen LogP contribution in [0, 0.1) is 10.1 Å². The fourth-order valence-electron chi connectivity index (χ4n) is 3.33. The Hall–Kier alpha value is -3.74. The SMILES string of the molecule is CC(Nc1cc(=O)n(C)c2ccc([N+](=O)[O-])cc12)c1cc2ccccc2cn1. The largest absolute Gasteiger partial charge is 0.376 e. The van der Waals surface area contributed by atoms with Crippen LogP contribution >= 0.6 is 0 Å². The lowest BCUT2D eigenvalue weighted by atomic mass is 10.1. The summed E-state index contributed by atoms with van der Waals surface area (Å²) >= 11 is 0. The molecule has 2 aromatic carbocycles. The van der Waals surface area contributed by atoms with Crippen LogP contribution in [0.2, 0.25) is 0 Å². The van der Waals surface area contributed by atoms with E-state index in [4.69, 9.17) is 0 Å². The van der Waals surface area contributed by atoms with Crippen molar-refractivity contribution in [3.63, 3.8) is 0 Å². The maximum absolute atomic E-state index is 12.3. The molecule has 2 heterocycles. The van der Waals surface area contributed by atoms with Crippen molar-refractivity contribution in [3.8, 4) is 0 Å². The Balaban J connectivity index is 1.79. The van der Waals surface area contributed by atoms with Crippen LogP contribution in [-0.2, 0) is 7.05 Å². The van der Waals surface area contributed by atoms with Gasteiger partial charge in [-0.2, -0.15) is 0 Å². The summed E-state index contributed by atoms with van der Waals surface area (Å²) < 4.78 is 1.48. The van der Waals surface area contributed by atoms with Gasteiger partial charge >= 0.3 is 0 Å². The van der Waals surface area contributed by atoms with Gasteiger partial charge in [0.25, 0.3) is 11.2 Å². The minimum Gasteiger partial charge on any atom is -0.376 e. The molecule has 2 aromatic heterocycles. The molecule has 0 saturated heterocycles. The van der Waals surface area contributed by atoms with Crippen LogP contribution in [0.3, 0.4) is 0 Å². The van der Waals surface area contributed by atoms with Gasteiger partial charge in [0.2, 0.25) is 0 Å². The fourth-order valence-corrected chi connectivity index (χ4v) is 3.33. The number of rotatable bonds is 4. The molecule has 0 radical (unpaired) electrons. The molecule has 140 valence electrons. The lowest BCUT2D eigenvalue weighted by Crippen LogP contribution is -2.18. The molecule has 7 heteroatoms. The number of aromatic nitrogens is 2. The first kappa shape index (κ1) is 17.7. The van der Waals surface area contributed by atoms with Crippen molar-refractivity contribution in [2.75, 3.05) is 5.32 Å². The van der Waals surface area contributed by atoms with E-state index in [0.29, 0.717) is 16.6 Å². The third-order valence-corrected chi connectivity index (χ3v) is 4.91. The number of nitrogens with one attached hydrogen (secondary N) is 1. The van der Waals surface area contributed by atoms with Gasteiger partial charge in [-0.1, -0.05) is 24.3 Å². The van der Waals surface area contributed by atoms with Crippen LogP contribution < -0.4 is 10.9 Å². The molecular formula is C21H18N4O3. The maximum atomic E-state index is 12.3. The number of hydrogen-bond donors (Lipinski definition) is 1. The van der Waals surface area contributed by atoms with Gasteiger partial charge in [0.1, 0.15) is 0 Å². The Bertz CT molecular complexity index is 1280. The fraction of sp³-hybridized carbons (Fsp3) is 0.143. The summed E-state index contributed by atoms with van der Waals surface area (Å²) in [6.07, 6.45) is 1.82. The second-order valence-electron chi connectivity index (χ2n) is 6.74. The summed E-state index contributed by atoms with van der Waals surface area (Å²) in [5.41, 5.74) is 1.77. The smallest absolute Gasteiger partial charge is 0.270 e. The van der Waals surface area contributed by atoms with Crippen molar-refractivity contribution >= 4 is 33.1 Å². The molecule has 7 nitrogen and oxygen atoms in total. The number of nitro benzene ring substituents is 1. The molecule has 0 amide bonds. The van der Waals surface area contributed by atoms with Crippen LogP contribution in [-0.4, -0.2) is 14.5 Å². The molecule has 0 spiro atoms. The summed E-state index contributed by atoms with van der Waals surface area (Å²) in [5.74, 6) is 0. The quantitative estimate of drug-likeness (QED) is 0.428. The minimum atomic E-state index is -0.442. The second-order valence-corrected chi connectivity index (χ2v) is 6.74. The van der Waals surface area contributed by atoms with Crippen LogP contribution in [0.4, 0.5) is 11.4 Å². The molecule has 4 rings (SSSR count). The Morgan fingerprint density at radius 2 is 1.86 bits per heavy atom. The molecule has 0 aliphatic carbocycles. The van der Waals surface area contributed by atoms with E-state index in [2.05, 4.69) is 10.3 Å².